The molecule has 6 N–H and O–H groups in total. The Kier molecular flexibility index (Phi) is 11.2. The summed E-state index contributed by atoms with van der Waals surface area (Å²) in [5.41, 5.74) is 10.1. The number of carboxylic acids is 2. The van der Waals surface area contributed by atoms with Crippen LogP contribution in [0.25, 0.3) is 0 Å². The van der Waals surface area contributed by atoms with Gasteiger partial charge >= 0.3 is 17.9 Å². The monoisotopic (exact) mass is 384 g/mol. The van der Waals surface area contributed by atoms with Gasteiger partial charge in [0.1, 0.15) is 0 Å². The van der Waals surface area contributed by atoms with E-state index in [9.17, 15) is 14.4 Å². The number of rotatable bonds is 4. The molecule has 8 heteroatoms. The first-order chi connectivity index (χ1) is 12.0. The number of carbonyl (C=O) groups is 3. The van der Waals surface area contributed by atoms with Gasteiger partial charge in [-0.05, 0) is 66.7 Å². The molecule has 0 aliphatic carbocycles. The minimum atomic E-state index is -1.31. The molecule has 8 nitrogen and oxygen atoms in total. The van der Waals surface area contributed by atoms with Gasteiger partial charge in [0.05, 0.1) is 23.3 Å². The number of carbonyl (C=O) groups excluding carboxylic acids is 1. The average Bonchev–Trinajstić information content (AvgIpc) is 2.43. The lowest BCUT2D eigenvalue weighted by atomic mass is 10.1. The van der Waals surface area contributed by atoms with E-state index in [1.165, 1.54) is 0 Å². The molecule has 0 aliphatic heterocycles. The van der Waals surface area contributed by atoms with Crippen molar-refractivity contribution in [1.29, 1.82) is 0 Å². The highest BCUT2D eigenvalue weighted by molar-refractivity contribution is 5.99. The molecule has 0 saturated heterocycles. The number of esters is 1. The quantitative estimate of drug-likeness (QED) is 0.578. The molecule has 0 bridgehead atoms. The predicted molar refractivity (Wildman–Crippen MR) is 104 cm³/mol. The van der Waals surface area contributed by atoms with Crippen molar-refractivity contribution in [2.45, 2.75) is 59.5 Å². The maximum Gasteiger partial charge on any atom is 0.338 e. The highest BCUT2D eigenvalue weighted by Gasteiger charge is 2.15. The average molecular weight is 384 g/mol. The Morgan fingerprint density at radius 3 is 1.30 bits per heavy atom. The van der Waals surface area contributed by atoms with Crippen LogP contribution in [0.4, 0.5) is 0 Å². The van der Waals surface area contributed by atoms with E-state index in [-0.39, 0.29) is 34.4 Å². The highest BCUT2D eigenvalue weighted by Crippen LogP contribution is 2.12. The molecular formula is C19H32N2O6. The van der Waals surface area contributed by atoms with E-state index >= 15 is 0 Å². The van der Waals surface area contributed by atoms with Crippen LogP contribution in [0, 0.1) is 0 Å². The van der Waals surface area contributed by atoms with Gasteiger partial charge in [0, 0.05) is 11.1 Å². The summed E-state index contributed by atoms with van der Waals surface area (Å²) in [6.07, 6.45) is 0. The Morgan fingerprint density at radius 1 is 0.815 bits per heavy atom. The normalized spacial score (nSPS) is 10.6. The van der Waals surface area contributed by atoms with E-state index in [0.717, 1.165) is 18.2 Å². The Morgan fingerprint density at radius 2 is 1.07 bits per heavy atom. The first-order valence-corrected chi connectivity index (χ1v) is 8.32. The summed E-state index contributed by atoms with van der Waals surface area (Å²) in [6, 6.07) is 3.13. The second-order valence-electron chi connectivity index (χ2n) is 7.86. The molecule has 0 aliphatic rings. The van der Waals surface area contributed by atoms with Crippen LogP contribution < -0.4 is 11.5 Å². The Bertz CT molecular complexity index is 586. The largest absolute Gasteiger partial charge is 0.478 e. The minimum absolute atomic E-state index is 0. The van der Waals surface area contributed by atoms with Crippen LogP contribution in [0.3, 0.4) is 0 Å². The van der Waals surface area contributed by atoms with Crippen LogP contribution in [-0.4, -0.2) is 45.8 Å². The van der Waals surface area contributed by atoms with Gasteiger partial charge in [-0.25, -0.2) is 14.4 Å². The van der Waals surface area contributed by atoms with Crippen LogP contribution in [0.1, 0.15) is 79.5 Å². The molecule has 27 heavy (non-hydrogen) atoms. The van der Waals surface area contributed by atoms with Gasteiger partial charge in [0.15, 0.2) is 0 Å². The first kappa shape index (κ1) is 26.8. The van der Waals surface area contributed by atoms with Crippen molar-refractivity contribution in [2.24, 2.45) is 11.5 Å². The lowest BCUT2D eigenvalue weighted by molar-refractivity contribution is 0.0526. The molecule has 0 fully saturated rings. The second-order valence-corrected chi connectivity index (χ2v) is 7.86. The van der Waals surface area contributed by atoms with Crippen molar-refractivity contribution in [3.8, 4) is 0 Å². The maximum absolute atomic E-state index is 11.4. The number of benzene rings is 1. The van der Waals surface area contributed by atoms with Gasteiger partial charge in [0.25, 0.3) is 0 Å². The van der Waals surface area contributed by atoms with Crippen LogP contribution in [0.15, 0.2) is 18.2 Å². The Labute approximate surface area is 160 Å². The van der Waals surface area contributed by atoms with Gasteiger partial charge in [0.2, 0.25) is 0 Å². The van der Waals surface area contributed by atoms with E-state index in [2.05, 4.69) is 4.74 Å². The molecule has 0 spiro atoms. The molecule has 0 saturated carbocycles. The molecule has 1 aromatic carbocycles. The molecule has 0 heterocycles. The summed E-state index contributed by atoms with van der Waals surface area (Å²) < 4.78 is 4.67. The van der Waals surface area contributed by atoms with E-state index < -0.39 is 17.9 Å². The van der Waals surface area contributed by atoms with E-state index in [1.807, 2.05) is 41.5 Å². The van der Waals surface area contributed by atoms with Gasteiger partial charge in [-0.15, -0.1) is 0 Å². The zero-order valence-corrected chi connectivity index (χ0v) is 17.1. The standard InChI is InChI=1S/C11H10O6.2C4H11N/c1-2-17-11(16)8-4-6(9(12)13)3-7(5-8)10(14)15;2*1-4(2,3)5/h3-5H,2H2,1H3,(H,12,13)(H,14,15);2*5H2,1-3H3. The van der Waals surface area contributed by atoms with Crippen molar-refractivity contribution in [3.63, 3.8) is 0 Å². The predicted octanol–water partition coefficient (Wildman–Crippen LogP) is 2.75. The topological polar surface area (TPSA) is 153 Å². The molecule has 1 aromatic rings. The molecule has 0 radical (unpaired) electrons. The number of aromatic carboxylic acids is 2. The molecule has 154 valence electrons. The fourth-order valence-electron chi connectivity index (χ4n) is 1.21. The summed E-state index contributed by atoms with van der Waals surface area (Å²) in [6.45, 7) is 13.5. The summed E-state index contributed by atoms with van der Waals surface area (Å²) in [5.74, 6) is -3.37. The lowest BCUT2D eigenvalue weighted by Gasteiger charge is -2.06. The summed E-state index contributed by atoms with van der Waals surface area (Å²) in [7, 11) is 0. The van der Waals surface area contributed by atoms with Crippen molar-refractivity contribution in [1.82, 2.24) is 0 Å². The van der Waals surface area contributed by atoms with Gasteiger partial charge in [-0.2, -0.15) is 0 Å². The zero-order valence-electron chi connectivity index (χ0n) is 17.1. The van der Waals surface area contributed by atoms with Crippen molar-refractivity contribution >= 4 is 17.9 Å². The third kappa shape index (κ3) is 18.1. The van der Waals surface area contributed by atoms with Crippen LogP contribution in [0.5, 0.6) is 0 Å². The van der Waals surface area contributed by atoms with Crippen LogP contribution >= 0.6 is 0 Å². The van der Waals surface area contributed by atoms with Gasteiger partial charge < -0.3 is 26.4 Å². The van der Waals surface area contributed by atoms with Gasteiger partial charge in [-0.1, -0.05) is 0 Å². The Hall–Kier alpha value is -2.45. The van der Waals surface area contributed by atoms with Crippen molar-refractivity contribution in [3.05, 3.63) is 34.9 Å². The third-order valence-corrected chi connectivity index (χ3v) is 1.94. The van der Waals surface area contributed by atoms with Crippen LogP contribution in [0.2, 0.25) is 0 Å². The SMILES string of the molecule is CC(C)(C)N.CC(C)(C)N.CCOC(=O)c1cc(C(=O)O)cc(C(=O)O)c1. The Balaban J connectivity index is 0. The molecule has 1 rings (SSSR count). The molecule has 0 unspecified atom stereocenters. The fraction of sp³-hybridized carbons (Fsp3) is 0.526. The summed E-state index contributed by atoms with van der Waals surface area (Å²) in [4.78, 5) is 32.9. The van der Waals surface area contributed by atoms with Crippen molar-refractivity contribution in [2.75, 3.05) is 6.61 Å². The van der Waals surface area contributed by atoms with Crippen molar-refractivity contribution < 1.29 is 29.3 Å². The van der Waals surface area contributed by atoms with Crippen LogP contribution in [-0.2, 0) is 4.74 Å². The highest BCUT2D eigenvalue weighted by atomic mass is 16.5. The molecule has 0 atom stereocenters. The molecule has 0 aromatic heterocycles. The lowest BCUT2D eigenvalue weighted by Crippen LogP contribution is -2.26. The zero-order chi connectivity index (χ0) is 22.0. The first-order valence-electron chi connectivity index (χ1n) is 8.32. The van der Waals surface area contributed by atoms with E-state index in [1.54, 1.807) is 6.92 Å². The minimum Gasteiger partial charge on any atom is -0.478 e. The van der Waals surface area contributed by atoms with E-state index in [0.29, 0.717) is 0 Å². The third-order valence-electron chi connectivity index (χ3n) is 1.94. The number of hydrogen-bond donors (Lipinski definition) is 4. The second kappa shape index (κ2) is 11.3. The maximum atomic E-state index is 11.4. The number of ether oxygens (including phenoxy) is 1. The number of hydrogen-bond acceptors (Lipinski definition) is 6. The smallest absolute Gasteiger partial charge is 0.338 e. The van der Waals surface area contributed by atoms with E-state index in [4.69, 9.17) is 21.7 Å². The number of nitrogens with two attached hydrogens (primary N) is 2. The molecular weight excluding hydrogens is 352 g/mol. The number of carboxylic acid groups (broad SMARTS) is 2. The summed E-state index contributed by atoms with van der Waals surface area (Å²) >= 11 is 0. The van der Waals surface area contributed by atoms with Gasteiger partial charge in [-0.3, -0.25) is 0 Å². The molecule has 0 amide bonds. The summed E-state index contributed by atoms with van der Waals surface area (Å²) in [5, 5.41) is 17.6. The fourth-order valence-corrected chi connectivity index (χ4v) is 1.21.